The van der Waals surface area contributed by atoms with E-state index < -0.39 is 0 Å². The average molecular weight is 266 g/mol. The zero-order valence-electron chi connectivity index (χ0n) is 11.7. The van der Waals surface area contributed by atoms with Crippen LogP contribution >= 0.6 is 11.3 Å². The van der Waals surface area contributed by atoms with E-state index in [2.05, 4.69) is 36.4 Å². The molecule has 1 saturated carbocycles. The standard InChI is InChI=1S/C15H26N2S/c1-13(14-7-6-10-18-14)17(2)12-15(11-16)8-4-3-5-9-15/h6-7,10,13H,3-5,8-9,11-12,16H2,1-2H3. The Morgan fingerprint density at radius 3 is 2.67 bits per heavy atom. The summed E-state index contributed by atoms with van der Waals surface area (Å²) in [6.07, 6.45) is 6.73. The van der Waals surface area contributed by atoms with E-state index in [-0.39, 0.29) is 0 Å². The van der Waals surface area contributed by atoms with Crippen molar-refractivity contribution in [2.45, 2.75) is 45.1 Å². The Morgan fingerprint density at radius 1 is 1.39 bits per heavy atom. The summed E-state index contributed by atoms with van der Waals surface area (Å²) in [6, 6.07) is 4.89. The van der Waals surface area contributed by atoms with Crippen molar-refractivity contribution in [1.29, 1.82) is 0 Å². The highest BCUT2D eigenvalue weighted by molar-refractivity contribution is 7.10. The quantitative estimate of drug-likeness (QED) is 0.881. The third kappa shape index (κ3) is 3.14. The van der Waals surface area contributed by atoms with E-state index in [1.165, 1.54) is 37.0 Å². The van der Waals surface area contributed by atoms with Crippen LogP contribution in [0.2, 0.25) is 0 Å². The van der Waals surface area contributed by atoms with Gasteiger partial charge in [-0.05, 0) is 50.2 Å². The highest BCUT2D eigenvalue weighted by atomic mass is 32.1. The van der Waals surface area contributed by atoms with Gasteiger partial charge in [-0.15, -0.1) is 11.3 Å². The van der Waals surface area contributed by atoms with Gasteiger partial charge in [0.05, 0.1) is 0 Å². The first kappa shape index (κ1) is 14.0. The summed E-state index contributed by atoms with van der Waals surface area (Å²) in [6.45, 7) is 4.29. The van der Waals surface area contributed by atoms with Crippen molar-refractivity contribution in [3.8, 4) is 0 Å². The van der Waals surface area contributed by atoms with Crippen LogP contribution in [-0.2, 0) is 0 Å². The summed E-state index contributed by atoms with van der Waals surface area (Å²) >= 11 is 1.85. The van der Waals surface area contributed by atoms with Gasteiger partial charge in [0.15, 0.2) is 0 Å². The molecule has 1 unspecified atom stereocenters. The second-order valence-corrected chi connectivity index (χ2v) is 6.85. The molecule has 18 heavy (non-hydrogen) atoms. The smallest absolute Gasteiger partial charge is 0.0410 e. The Labute approximate surface area is 115 Å². The minimum absolute atomic E-state index is 0.374. The lowest BCUT2D eigenvalue weighted by molar-refractivity contribution is 0.107. The summed E-state index contributed by atoms with van der Waals surface area (Å²) in [5.41, 5.74) is 6.45. The maximum Gasteiger partial charge on any atom is 0.0410 e. The summed E-state index contributed by atoms with van der Waals surface area (Å²) in [7, 11) is 2.25. The zero-order chi connectivity index (χ0) is 13.0. The average Bonchev–Trinajstić information content (AvgIpc) is 2.92. The maximum atomic E-state index is 6.08. The molecule has 0 aliphatic heterocycles. The third-order valence-corrected chi connectivity index (χ3v) is 5.59. The molecule has 1 atom stereocenters. The molecule has 0 amide bonds. The minimum atomic E-state index is 0.374. The Hall–Kier alpha value is -0.380. The Morgan fingerprint density at radius 2 is 2.11 bits per heavy atom. The van der Waals surface area contributed by atoms with Crippen molar-refractivity contribution in [2.75, 3.05) is 20.1 Å². The second-order valence-electron chi connectivity index (χ2n) is 5.87. The first-order chi connectivity index (χ1) is 8.67. The van der Waals surface area contributed by atoms with Gasteiger partial charge in [-0.1, -0.05) is 25.3 Å². The van der Waals surface area contributed by atoms with E-state index in [4.69, 9.17) is 5.73 Å². The van der Waals surface area contributed by atoms with Gasteiger partial charge in [0, 0.05) is 17.5 Å². The van der Waals surface area contributed by atoms with E-state index in [9.17, 15) is 0 Å². The highest BCUT2D eigenvalue weighted by Gasteiger charge is 2.32. The van der Waals surface area contributed by atoms with Crippen molar-refractivity contribution < 1.29 is 0 Å². The molecule has 102 valence electrons. The van der Waals surface area contributed by atoms with Gasteiger partial charge in [-0.2, -0.15) is 0 Å². The highest BCUT2D eigenvalue weighted by Crippen LogP contribution is 2.37. The first-order valence-corrected chi connectivity index (χ1v) is 7.98. The lowest BCUT2D eigenvalue weighted by Crippen LogP contribution is -2.43. The van der Waals surface area contributed by atoms with Crippen LogP contribution in [0.1, 0.15) is 49.9 Å². The number of hydrogen-bond acceptors (Lipinski definition) is 3. The molecular formula is C15H26N2S. The minimum Gasteiger partial charge on any atom is -0.330 e. The summed E-state index contributed by atoms with van der Waals surface area (Å²) < 4.78 is 0. The van der Waals surface area contributed by atoms with Gasteiger partial charge in [0.1, 0.15) is 0 Å². The monoisotopic (exact) mass is 266 g/mol. The molecule has 3 heteroatoms. The van der Waals surface area contributed by atoms with E-state index in [1.54, 1.807) is 0 Å². The number of rotatable bonds is 5. The molecule has 1 fully saturated rings. The van der Waals surface area contributed by atoms with Crippen LogP contribution in [-0.4, -0.2) is 25.0 Å². The normalized spacial score (nSPS) is 21.1. The van der Waals surface area contributed by atoms with E-state index in [1.807, 2.05) is 11.3 Å². The van der Waals surface area contributed by atoms with Crippen molar-refractivity contribution in [2.24, 2.45) is 11.1 Å². The molecule has 2 nitrogen and oxygen atoms in total. The van der Waals surface area contributed by atoms with Gasteiger partial charge in [0.2, 0.25) is 0 Å². The molecule has 0 aromatic carbocycles. The Balaban J connectivity index is 1.98. The van der Waals surface area contributed by atoms with Crippen LogP contribution in [0.25, 0.3) is 0 Å². The predicted octanol–water partition coefficient (Wildman–Crippen LogP) is 3.65. The van der Waals surface area contributed by atoms with Crippen molar-refractivity contribution in [3.63, 3.8) is 0 Å². The van der Waals surface area contributed by atoms with Crippen LogP contribution < -0.4 is 5.73 Å². The van der Waals surface area contributed by atoms with Gasteiger partial charge in [-0.3, -0.25) is 4.90 Å². The van der Waals surface area contributed by atoms with Gasteiger partial charge in [-0.25, -0.2) is 0 Å². The molecule has 1 aliphatic rings. The fraction of sp³-hybridized carbons (Fsp3) is 0.733. The summed E-state index contributed by atoms with van der Waals surface area (Å²) in [4.78, 5) is 3.95. The SMILES string of the molecule is CC(c1cccs1)N(C)CC1(CN)CCCCC1. The zero-order valence-corrected chi connectivity index (χ0v) is 12.5. The molecule has 0 bridgehead atoms. The van der Waals surface area contributed by atoms with Crippen LogP contribution in [0.3, 0.4) is 0 Å². The Bertz CT molecular complexity index is 341. The molecule has 0 saturated heterocycles. The maximum absolute atomic E-state index is 6.08. The predicted molar refractivity (Wildman–Crippen MR) is 79.9 cm³/mol. The largest absolute Gasteiger partial charge is 0.330 e. The van der Waals surface area contributed by atoms with E-state index in [0.717, 1.165) is 13.1 Å². The molecule has 1 aliphatic carbocycles. The number of hydrogen-bond donors (Lipinski definition) is 1. The molecule has 2 N–H and O–H groups in total. The molecule has 1 aromatic heterocycles. The van der Waals surface area contributed by atoms with Gasteiger partial charge >= 0.3 is 0 Å². The topological polar surface area (TPSA) is 29.3 Å². The third-order valence-electron chi connectivity index (χ3n) is 4.55. The van der Waals surface area contributed by atoms with Crippen molar-refractivity contribution >= 4 is 11.3 Å². The Kier molecular flexibility index (Phi) is 4.82. The van der Waals surface area contributed by atoms with Gasteiger partial charge in [0.25, 0.3) is 0 Å². The fourth-order valence-electron chi connectivity index (χ4n) is 3.14. The second kappa shape index (κ2) is 6.18. The lowest BCUT2D eigenvalue weighted by Gasteiger charge is -2.41. The molecule has 2 rings (SSSR count). The summed E-state index contributed by atoms with van der Waals surface area (Å²) in [5.74, 6) is 0. The van der Waals surface area contributed by atoms with E-state index in [0.29, 0.717) is 11.5 Å². The number of thiophene rings is 1. The molecule has 1 aromatic rings. The van der Waals surface area contributed by atoms with Crippen LogP contribution in [0.5, 0.6) is 0 Å². The van der Waals surface area contributed by atoms with Gasteiger partial charge < -0.3 is 5.73 Å². The molecule has 0 radical (unpaired) electrons. The molecule has 1 heterocycles. The number of nitrogens with two attached hydrogens (primary N) is 1. The van der Waals surface area contributed by atoms with Crippen molar-refractivity contribution in [1.82, 2.24) is 4.90 Å². The van der Waals surface area contributed by atoms with E-state index >= 15 is 0 Å². The molecular weight excluding hydrogens is 240 g/mol. The van der Waals surface area contributed by atoms with Crippen LogP contribution in [0.15, 0.2) is 17.5 Å². The molecule has 0 spiro atoms. The van der Waals surface area contributed by atoms with Crippen LogP contribution in [0.4, 0.5) is 0 Å². The lowest BCUT2D eigenvalue weighted by atomic mass is 9.73. The number of nitrogens with zero attached hydrogens (tertiary/aromatic N) is 1. The fourth-order valence-corrected chi connectivity index (χ4v) is 3.99. The van der Waals surface area contributed by atoms with Crippen molar-refractivity contribution in [3.05, 3.63) is 22.4 Å². The summed E-state index contributed by atoms with van der Waals surface area (Å²) in [5, 5.41) is 2.17. The first-order valence-electron chi connectivity index (χ1n) is 7.11. The van der Waals surface area contributed by atoms with Crippen LogP contribution in [0, 0.1) is 5.41 Å².